The number of fused-ring (bicyclic) bond motifs is 1. The van der Waals surface area contributed by atoms with Crippen molar-refractivity contribution in [3.05, 3.63) is 21.4 Å². The van der Waals surface area contributed by atoms with Crippen LogP contribution in [0, 0.1) is 0 Å². The highest BCUT2D eigenvalue weighted by molar-refractivity contribution is 7.12. The first kappa shape index (κ1) is 11.3. The molecule has 0 N–H and O–H groups in total. The number of rotatable bonds is 2. The maximum absolute atomic E-state index is 12.0. The van der Waals surface area contributed by atoms with Gasteiger partial charge < -0.3 is 4.90 Å². The molecular formula is C12H15NO2S. The number of hydrogen-bond acceptors (Lipinski definition) is 3. The lowest BCUT2D eigenvalue weighted by atomic mass is 9.94. The average molecular weight is 237 g/mol. The summed E-state index contributed by atoms with van der Waals surface area (Å²) in [6.07, 6.45) is 2.37. The van der Waals surface area contributed by atoms with Gasteiger partial charge in [0, 0.05) is 25.4 Å². The van der Waals surface area contributed by atoms with Crippen LogP contribution in [-0.2, 0) is 6.42 Å². The molecule has 3 nitrogen and oxygen atoms in total. The molecule has 1 amide bonds. The molecule has 1 aromatic heterocycles. The second-order valence-electron chi connectivity index (χ2n) is 4.05. The van der Waals surface area contributed by atoms with Crippen molar-refractivity contribution < 1.29 is 9.59 Å². The number of nitrogens with zero attached hydrogens (tertiary/aromatic N) is 1. The molecule has 0 aromatic carbocycles. The summed E-state index contributed by atoms with van der Waals surface area (Å²) >= 11 is 1.42. The monoisotopic (exact) mass is 237 g/mol. The van der Waals surface area contributed by atoms with Crippen molar-refractivity contribution in [2.75, 3.05) is 13.6 Å². The standard InChI is InChI=1S/C12H15NO2S/c1-3-13(2)12(15)9-7-16-11-8(9)5-4-6-10(11)14/h7H,3-6H2,1-2H3. The molecule has 86 valence electrons. The summed E-state index contributed by atoms with van der Waals surface area (Å²) in [5, 5.41) is 1.84. The SMILES string of the molecule is CCN(C)C(=O)c1csc2c1CCCC2=O. The molecule has 1 aromatic rings. The van der Waals surface area contributed by atoms with E-state index in [4.69, 9.17) is 0 Å². The lowest BCUT2D eigenvalue weighted by Crippen LogP contribution is -2.27. The highest BCUT2D eigenvalue weighted by Crippen LogP contribution is 2.30. The van der Waals surface area contributed by atoms with Gasteiger partial charge in [-0.05, 0) is 25.3 Å². The molecule has 1 heterocycles. The molecule has 0 radical (unpaired) electrons. The van der Waals surface area contributed by atoms with E-state index < -0.39 is 0 Å². The molecule has 4 heteroatoms. The molecular weight excluding hydrogens is 222 g/mol. The smallest absolute Gasteiger partial charge is 0.254 e. The molecule has 0 saturated heterocycles. The van der Waals surface area contributed by atoms with Crippen LogP contribution in [0.25, 0.3) is 0 Å². The van der Waals surface area contributed by atoms with E-state index in [1.165, 1.54) is 11.3 Å². The summed E-state index contributed by atoms with van der Waals surface area (Å²) in [5.41, 5.74) is 1.71. The fraction of sp³-hybridized carbons (Fsp3) is 0.500. The normalized spacial score (nSPS) is 14.8. The molecule has 2 rings (SSSR count). The Labute approximate surface area is 99.1 Å². The number of amides is 1. The van der Waals surface area contributed by atoms with Crippen LogP contribution in [0.1, 0.15) is 45.4 Å². The van der Waals surface area contributed by atoms with Gasteiger partial charge in [0.15, 0.2) is 5.78 Å². The van der Waals surface area contributed by atoms with Gasteiger partial charge in [-0.15, -0.1) is 11.3 Å². The topological polar surface area (TPSA) is 37.4 Å². The zero-order valence-corrected chi connectivity index (χ0v) is 10.4. The van der Waals surface area contributed by atoms with E-state index in [1.54, 1.807) is 11.9 Å². The summed E-state index contributed by atoms with van der Waals surface area (Å²) in [6, 6.07) is 0. The van der Waals surface area contributed by atoms with E-state index in [0.29, 0.717) is 13.0 Å². The number of carbonyl (C=O) groups excluding carboxylic acids is 2. The van der Waals surface area contributed by atoms with Crippen molar-refractivity contribution >= 4 is 23.0 Å². The molecule has 0 atom stereocenters. The van der Waals surface area contributed by atoms with Gasteiger partial charge in [0.25, 0.3) is 5.91 Å². The van der Waals surface area contributed by atoms with E-state index in [2.05, 4.69) is 0 Å². The van der Waals surface area contributed by atoms with Gasteiger partial charge in [0.05, 0.1) is 10.4 Å². The first-order chi connectivity index (χ1) is 7.65. The van der Waals surface area contributed by atoms with Gasteiger partial charge in [-0.1, -0.05) is 0 Å². The van der Waals surface area contributed by atoms with E-state index in [9.17, 15) is 9.59 Å². The number of Topliss-reactive ketones (excluding diaryl/α,β-unsaturated/α-hetero) is 1. The van der Waals surface area contributed by atoms with E-state index in [0.717, 1.165) is 28.8 Å². The third-order valence-corrected chi connectivity index (χ3v) is 4.09. The second kappa shape index (κ2) is 4.37. The van der Waals surface area contributed by atoms with Crippen LogP contribution in [0.2, 0.25) is 0 Å². The lowest BCUT2D eigenvalue weighted by molar-refractivity contribution is 0.0802. The number of carbonyl (C=O) groups is 2. The van der Waals surface area contributed by atoms with Crippen LogP contribution < -0.4 is 0 Å². The van der Waals surface area contributed by atoms with E-state index >= 15 is 0 Å². The predicted octanol–water partition coefficient (Wildman–Crippen LogP) is 2.36. The van der Waals surface area contributed by atoms with Crippen molar-refractivity contribution in [3.63, 3.8) is 0 Å². The number of hydrogen-bond donors (Lipinski definition) is 0. The van der Waals surface area contributed by atoms with Crippen LogP contribution in [0.4, 0.5) is 0 Å². The Morgan fingerprint density at radius 1 is 1.50 bits per heavy atom. The fourth-order valence-corrected chi connectivity index (χ4v) is 3.00. The van der Waals surface area contributed by atoms with Gasteiger partial charge in [-0.2, -0.15) is 0 Å². The molecule has 16 heavy (non-hydrogen) atoms. The van der Waals surface area contributed by atoms with Crippen LogP contribution in [0.3, 0.4) is 0 Å². The molecule has 0 bridgehead atoms. The molecule has 1 aliphatic carbocycles. The Bertz CT molecular complexity index is 436. The van der Waals surface area contributed by atoms with Gasteiger partial charge in [-0.25, -0.2) is 0 Å². The maximum atomic E-state index is 12.0. The lowest BCUT2D eigenvalue weighted by Gasteiger charge is -2.16. The minimum absolute atomic E-state index is 0.0368. The molecule has 0 unspecified atom stereocenters. The summed E-state index contributed by atoms with van der Waals surface area (Å²) in [4.78, 5) is 26.2. The molecule has 0 saturated carbocycles. The van der Waals surface area contributed by atoms with E-state index in [1.807, 2.05) is 12.3 Å². The fourth-order valence-electron chi connectivity index (χ4n) is 1.93. The summed E-state index contributed by atoms with van der Waals surface area (Å²) in [5.74, 6) is 0.235. The Morgan fingerprint density at radius 3 is 2.94 bits per heavy atom. The van der Waals surface area contributed by atoms with Crippen molar-refractivity contribution in [2.45, 2.75) is 26.2 Å². The molecule has 0 spiro atoms. The maximum Gasteiger partial charge on any atom is 0.254 e. The van der Waals surface area contributed by atoms with Gasteiger partial charge >= 0.3 is 0 Å². The molecule has 1 aliphatic rings. The van der Waals surface area contributed by atoms with Gasteiger partial charge in [0.1, 0.15) is 0 Å². The van der Waals surface area contributed by atoms with Crippen LogP contribution in [0.5, 0.6) is 0 Å². The number of ketones is 1. The molecule has 0 aliphatic heterocycles. The van der Waals surface area contributed by atoms with Crippen LogP contribution >= 0.6 is 11.3 Å². The van der Waals surface area contributed by atoms with E-state index in [-0.39, 0.29) is 11.7 Å². The third-order valence-electron chi connectivity index (χ3n) is 3.03. The Balaban J connectivity index is 2.37. The second-order valence-corrected chi connectivity index (χ2v) is 4.93. The number of thiophene rings is 1. The minimum Gasteiger partial charge on any atom is -0.342 e. The zero-order valence-electron chi connectivity index (χ0n) is 9.58. The summed E-state index contributed by atoms with van der Waals surface area (Å²) < 4.78 is 0. The minimum atomic E-state index is 0.0368. The van der Waals surface area contributed by atoms with Crippen LogP contribution in [0.15, 0.2) is 5.38 Å². The van der Waals surface area contributed by atoms with Gasteiger partial charge in [-0.3, -0.25) is 9.59 Å². The first-order valence-corrected chi connectivity index (χ1v) is 6.42. The zero-order chi connectivity index (χ0) is 11.7. The Kier molecular flexibility index (Phi) is 3.10. The third kappa shape index (κ3) is 1.78. The summed E-state index contributed by atoms with van der Waals surface area (Å²) in [6.45, 7) is 2.64. The highest BCUT2D eigenvalue weighted by Gasteiger charge is 2.25. The van der Waals surface area contributed by atoms with Crippen molar-refractivity contribution in [1.29, 1.82) is 0 Å². The van der Waals surface area contributed by atoms with Crippen molar-refractivity contribution in [2.24, 2.45) is 0 Å². The first-order valence-electron chi connectivity index (χ1n) is 5.54. The molecule has 0 fully saturated rings. The van der Waals surface area contributed by atoms with Crippen molar-refractivity contribution in [3.8, 4) is 0 Å². The van der Waals surface area contributed by atoms with Crippen molar-refractivity contribution in [1.82, 2.24) is 4.90 Å². The Hall–Kier alpha value is -1.16. The predicted molar refractivity (Wildman–Crippen MR) is 64.2 cm³/mol. The quantitative estimate of drug-likeness (QED) is 0.792. The van der Waals surface area contributed by atoms with Gasteiger partial charge in [0.2, 0.25) is 0 Å². The largest absolute Gasteiger partial charge is 0.342 e. The average Bonchev–Trinajstić information content (AvgIpc) is 2.72. The summed E-state index contributed by atoms with van der Waals surface area (Å²) in [7, 11) is 1.79. The Morgan fingerprint density at radius 2 is 2.25 bits per heavy atom. The highest BCUT2D eigenvalue weighted by atomic mass is 32.1. The van der Waals surface area contributed by atoms with Crippen LogP contribution in [-0.4, -0.2) is 30.2 Å².